The molecule has 0 bridgehead atoms. The lowest BCUT2D eigenvalue weighted by Crippen LogP contribution is -1.86. The Kier molecular flexibility index (Phi) is 3.19. The molecule has 2 aromatic carbocycles. The van der Waals surface area contributed by atoms with Gasteiger partial charge >= 0.3 is 0 Å². The van der Waals surface area contributed by atoms with Gasteiger partial charge in [-0.15, -0.1) is 22.7 Å². The molecule has 3 heterocycles. The zero-order valence-corrected chi connectivity index (χ0v) is 14.7. The third-order valence-corrected chi connectivity index (χ3v) is 5.88. The van der Waals surface area contributed by atoms with Crippen molar-refractivity contribution in [2.45, 2.75) is 0 Å². The van der Waals surface area contributed by atoms with E-state index in [1.807, 2.05) is 48.0 Å². The first-order chi connectivity index (χ1) is 11.8. The topological polar surface area (TPSA) is 30.2 Å². The molecule has 0 radical (unpaired) electrons. The highest BCUT2D eigenvalue weighted by Crippen LogP contribution is 2.38. The molecule has 5 aromatic rings. The van der Waals surface area contributed by atoms with Crippen LogP contribution < -0.4 is 0 Å². The fourth-order valence-electron chi connectivity index (χ4n) is 2.79. The molecule has 0 spiro atoms. The van der Waals surface area contributed by atoms with Gasteiger partial charge in [-0.3, -0.25) is 4.40 Å². The number of rotatable bonds is 2. The number of halogens is 1. The van der Waals surface area contributed by atoms with Crippen molar-refractivity contribution >= 4 is 49.5 Å². The minimum absolute atomic E-state index is 0.731. The molecule has 3 aromatic heterocycles. The van der Waals surface area contributed by atoms with Crippen LogP contribution in [-0.4, -0.2) is 14.4 Å². The monoisotopic (exact) mass is 367 g/mol. The molecule has 0 aliphatic heterocycles. The maximum Gasteiger partial charge on any atom is 0.194 e. The molecular formula is C18H10ClN3S2. The average molecular weight is 368 g/mol. The molecule has 0 amide bonds. The van der Waals surface area contributed by atoms with Crippen LogP contribution in [0, 0.1) is 0 Å². The number of fused-ring (bicyclic) bond motifs is 2. The van der Waals surface area contributed by atoms with Crippen LogP contribution in [-0.2, 0) is 0 Å². The molecule has 0 N–H and O–H groups in total. The van der Waals surface area contributed by atoms with E-state index in [9.17, 15) is 0 Å². The van der Waals surface area contributed by atoms with E-state index in [2.05, 4.69) is 16.5 Å². The first-order valence-electron chi connectivity index (χ1n) is 7.37. The molecule has 24 heavy (non-hydrogen) atoms. The van der Waals surface area contributed by atoms with Crippen LogP contribution in [0.25, 0.3) is 37.1 Å². The molecule has 0 unspecified atom stereocenters. The van der Waals surface area contributed by atoms with Crippen LogP contribution in [0.1, 0.15) is 0 Å². The summed E-state index contributed by atoms with van der Waals surface area (Å²) in [6.07, 6.45) is 2.05. The highest BCUT2D eigenvalue weighted by atomic mass is 35.5. The largest absolute Gasteiger partial charge is 0.287 e. The maximum atomic E-state index is 6.12. The number of imidazole rings is 1. The van der Waals surface area contributed by atoms with Crippen molar-refractivity contribution in [3.8, 4) is 22.0 Å². The summed E-state index contributed by atoms with van der Waals surface area (Å²) in [5, 5.41) is 3.73. The molecule has 0 saturated heterocycles. The van der Waals surface area contributed by atoms with Crippen LogP contribution >= 0.6 is 34.3 Å². The van der Waals surface area contributed by atoms with Crippen LogP contribution in [0.5, 0.6) is 0 Å². The molecule has 3 nitrogen and oxygen atoms in total. The fourth-order valence-corrected chi connectivity index (χ4v) is 4.79. The first-order valence-corrected chi connectivity index (χ1v) is 9.44. The quantitative estimate of drug-likeness (QED) is 0.383. The Balaban J connectivity index is 1.82. The highest BCUT2D eigenvalue weighted by molar-refractivity contribution is 7.21. The number of aromatic nitrogens is 3. The number of hydrogen-bond donors (Lipinski definition) is 0. The Morgan fingerprint density at radius 2 is 1.88 bits per heavy atom. The second-order valence-electron chi connectivity index (χ2n) is 5.36. The van der Waals surface area contributed by atoms with Gasteiger partial charge in [0, 0.05) is 22.2 Å². The average Bonchev–Trinajstić information content (AvgIpc) is 3.28. The summed E-state index contributed by atoms with van der Waals surface area (Å²) in [6, 6.07) is 16.1. The normalized spacial score (nSPS) is 11.5. The van der Waals surface area contributed by atoms with Gasteiger partial charge in [0.15, 0.2) is 4.96 Å². The summed E-state index contributed by atoms with van der Waals surface area (Å²) in [5.41, 5.74) is 4.06. The molecule has 0 atom stereocenters. The third kappa shape index (κ3) is 2.17. The minimum Gasteiger partial charge on any atom is -0.287 e. The predicted octanol–water partition coefficient (Wildman–Crippen LogP) is 5.99. The summed E-state index contributed by atoms with van der Waals surface area (Å²) in [6.45, 7) is 0. The molecular weight excluding hydrogens is 358 g/mol. The Bertz CT molecular complexity index is 1170. The lowest BCUT2D eigenvalue weighted by Gasteiger charge is -2.01. The Morgan fingerprint density at radius 3 is 2.75 bits per heavy atom. The SMILES string of the molecule is Clc1ccc2nc(-c3c(-c4ccccc4)nc4sccn34)sc2c1. The minimum atomic E-state index is 0.731. The maximum absolute atomic E-state index is 6.12. The number of benzene rings is 2. The van der Waals surface area contributed by atoms with Crippen molar-refractivity contribution in [2.75, 3.05) is 0 Å². The van der Waals surface area contributed by atoms with Gasteiger partial charge in [0.2, 0.25) is 0 Å². The van der Waals surface area contributed by atoms with Crippen molar-refractivity contribution < 1.29 is 0 Å². The predicted molar refractivity (Wildman–Crippen MR) is 102 cm³/mol. The van der Waals surface area contributed by atoms with Crippen LogP contribution in [0.15, 0.2) is 60.1 Å². The lowest BCUT2D eigenvalue weighted by atomic mass is 10.1. The van der Waals surface area contributed by atoms with Crippen molar-refractivity contribution in [1.82, 2.24) is 14.4 Å². The number of nitrogens with zero attached hydrogens (tertiary/aromatic N) is 3. The summed E-state index contributed by atoms with van der Waals surface area (Å²) in [5.74, 6) is 0. The third-order valence-electron chi connectivity index (χ3n) is 3.86. The second kappa shape index (κ2) is 5.41. The first kappa shape index (κ1) is 14.2. The van der Waals surface area contributed by atoms with Crippen molar-refractivity contribution in [3.05, 3.63) is 65.1 Å². The molecule has 0 saturated carbocycles. The molecule has 0 aliphatic rings. The summed E-state index contributed by atoms with van der Waals surface area (Å²) in [7, 11) is 0. The van der Waals surface area contributed by atoms with Gasteiger partial charge in [-0.05, 0) is 18.2 Å². The molecule has 5 rings (SSSR count). The highest BCUT2D eigenvalue weighted by Gasteiger charge is 2.19. The number of hydrogen-bond acceptors (Lipinski definition) is 4. The van der Waals surface area contributed by atoms with Gasteiger partial charge in [-0.2, -0.15) is 0 Å². The van der Waals surface area contributed by atoms with Crippen molar-refractivity contribution in [3.63, 3.8) is 0 Å². The Morgan fingerprint density at radius 1 is 1.00 bits per heavy atom. The Labute approximate surface area is 150 Å². The van der Waals surface area contributed by atoms with Gasteiger partial charge < -0.3 is 0 Å². The van der Waals surface area contributed by atoms with Gasteiger partial charge in [-0.1, -0.05) is 41.9 Å². The standard InChI is InChI=1S/C18H10ClN3S2/c19-12-6-7-13-14(10-12)24-17(20-13)16-15(11-4-2-1-3-5-11)21-18-22(16)8-9-23-18/h1-10H. The number of thiazole rings is 2. The van der Waals surface area contributed by atoms with E-state index in [0.717, 1.165) is 42.2 Å². The lowest BCUT2D eigenvalue weighted by molar-refractivity contribution is 1.23. The van der Waals surface area contributed by atoms with Gasteiger partial charge in [0.1, 0.15) is 16.4 Å². The van der Waals surface area contributed by atoms with Crippen LogP contribution in [0.4, 0.5) is 0 Å². The molecule has 116 valence electrons. The second-order valence-corrected chi connectivity index (χ2v) is 7.70. The summed E-state index contributed by atoms with van der Waals surface area (Å²) in [4.78, 5) is 10.6. The van der Waals surface area contributed by atoms with E-state index in [0.29, 0.717) is 0 Å². The summed E-state index contributed by atoms with van der Waals surface area (Å²) < 4.78 is 3.20. The molecule has 0 aliphatic carbocycles. The smallest absolute Gasteiger partial charge is 0.194 e. The van der Waals surface area contributed by atoms with Crippen LogP contribution in [0.3, 0.4) is 0 Å². The fraction of sp³-hybridized carbons (Fsp3) is 0. The van der Waals surface area contributed by atoms with E-state index in [1.54, 1.807) is 22.7 Å². The zero-order valence-electron chi connectivity index (χ0n) is 12.3. The summed E-state index contributed by atoms with van der Waals surface area (Å²) >= 11 is 9.39. The van der Waals surface area contributed by atoms with Crippen LogP contribution in [0.2, 0.25) is 5.02 Å². The van der Waals surface area contributed by atoms with Gasteiger partial charge in [0.05, 0.1) is 10.2 Å². The van der Waals surface area contributed by atoms with Crippen molar-refractivity contribution in [1.29, 1.82) is 0 Å². The molecule has 6 heteroatoms. The van der Waals surface area contributed by atoms with Gasteiger partial charge in [-0.25, -0.2) is 9.97 Å². The van der Waals surface area contributed by atoms with E-state index in [1.165, 1.54) is 0 Å². The zero-order chi connectivity index (χ0) is 16.1. The van der Waals surface area contributed by atoms with E-state index in [4.69, 9.17) is 21.6 Å². The molecule has 0 fully saturated rings. The van der Waals surface area contributed by atoms with Gasteiger partial charge in [0.25, 0.3) is 0 Å². The van der Waals surface area contributed by atoms with E-state index in [-0.39, 0.29) is 0 Å². The Hall–Kier alpha value is -2.21. The van der Waals surface area contributed by atoms with E-state index < -0.39 is 0 Å². The van der Waals surface area contributed by atoms with Crippen molar-refractivity contribution in [2.24, 2.45) is 0 Å². The van der Waals surface area contributed by atoms with E-state index >= 15 is 0 Å².